The molecule has 0 radical (unpaired) electrons. The van der Waals surface area contributed by atoms with Crippen LogP contribution in [0.25, 0.3) is 0 Å². The fraction of sp³-hybridized carbons (Fsp3) is 0.333. The van der Waals surface area contributed by atoms with Crippen molar-refractivity contribution in [2.24, 2.45) is 0 Å². The van der Waals surface area contributed by atoms with Gasteiger partial charge in [0.1, 0.15) is 11.6 Å². The van der Waals surface area contributed by atoms with E-state index in [0.29, 0.717) is 31.9 Å². The summed E-state index contributed by atoms with van der Waals surface area (Å²) in [6.45, 7) is -0.442. The molecule has 6 nitrogen and oxygen atoms in total. The molecule has 4 rings (SSSR count). The van der Waals surface area contributed by atoms with E-state index in [2.05, 4.69) is 9.64 Å². The van der Waals surface area contributed by atoms with Crippen LogP contribution in [0, 0.1) is 5.82 Å². The van der Waals surface area contributed by atoms with Crippen LogP contribution in [0.5, 0.6) is 5.75 Å². The van der Waals surface area contributed by atoms with E-state index in [1.165, 1.54) is 36.4 Å². The average Bonchev–Trinajstić information content (AvgIpc) is 3.03. The third-order valence-electron chi connectivity index (χ3n) is 5.39. The SMILES string of the molecule is O=C1C[C@H](N2CCN(c3ccc(F)cc3)CC2)C(=O)N1c1ccc(OC(F)F)cc1. The molecule has 1 atom stereocenters. The number of carbonyl (C=O) groups is 2. The van der Waals surface area contributed by atoms with Crippen LogP contribution in [0.15, 0.2) is 48.5 Å². The van der Waals surface area contributed by atoms with Crippen LogP contribution in [0.3, 0.4) is 0 Å². The molecule has 2 heterocycles. The molecule has 2 aromatic carbocycles. The predicted molar refractivity (Wildman–Crippen MR) is 104 cm³/mol. The summed E-state index contributed by atoms with van der Waals surface area (Å²) in [4.78, 5) is 30.6. The van der Waals surface area contributed by atoms with Crippen molar-refractivity contribution in [2.75, 3.05) is 36.0 Å². The standard InChI is InChI=1S/C21H20F3N3O3/c22-14-1-3-15(4-2-14)25-9-11-26(12-10-25)18-13-19(28)27(20(18)29)16-5-7-17(8-6-16)30-21(23)24/h1-8,18,21H,9-13H2/t18-/m0/s1. The lowest BCUT2D eigenvalue weighted by Crippen LogP contribution is -2.52. The maximum Gasteiger partial charge on any atom is 0.387 e. The summed E-state index contributed by atoms with van der Waals surface area (Å²) in [6.07, 6.45) is 0.0741. The van der Waals surface area contributed by atoms with Crippen LogP contribution in [0.4, 0.5) is 24.5 Å². The maximum absolute atomic E-state index is 13.1. The molecule has 9 heteroatoms. The van der Waals surface area contributed by atoms with Crippen LogP contribution in [-0.4, -0.2) is 55.5 Å². The first-order valence-corrected chi connectivity index (χ1v) is 9.58. The van der Waals surface area contributed by atoms with E-state index < -0.39 is 12.7 Å². The van der Waals surface area contributed by atoms with Crippen molar-refractivity contribution < 1.29 is 27.5 Å². The fourth-order valence-corrected chi connectivity index (χ4v) is 3.89. The number of amides is 2. The molecule has 158 valence electrons. The monoisotopic (exact) mass is 419 g/mol. The van der Waals surface area contributed by atoms with Gasteiger partial charge in [0.2, 0.25) is 5.91 Å². The lowest BCUT2D eigenvalue weighted by Gasteiger charge is -2.38. The normalized spacial score (nSPS) is 20.3. The van der Waals surface area contributed by atoms with Gasteiger partial charge in [0.15, 0.2) is 0 Å². The Labute approximate surface area is 171 Å². The first-order chi connectivity index (χ1) is 14.4. The van der Waals surface area contributed by atoms with E-state index in [1.807, 2.05) is 4.90 Å². The lowest BCUT2D eigenvalue weighted by molar-refractivity contribution is -0.123. The Balaban J connectivity index is 1.40. The minimum Gasteiger partial charge on any atom is -0.435 e. The molecular formula is C21H20F3N3O3. The van der Waals surface area contributed by atoms with E-state index >= 15 is 0 Å². The molecule has 2 fully saturated rings. The van der Waals surface area contributed by atoms with Crippen molar-refractivity contribution in [1.82, 2.24) is 4.90 Å². The van der Waals surface area contributed by atoms with E-state index in [-0.39, 0.29) is 29.8 Å². The van der Waals surface area contributed by atoms with Crippen LogP contribution in [0.1, 0.15) is 6.42 Å². The summed E-state index contributed by atoms with van der Waals surface area (Å²) in [5.41, 5.74) is 1.25. The highest BCUT2D eigenvalue weighted by Crippen LogP contribution is 2.29. The van der Waals surface area contributed by atoms with Crippen LogP contribution in [-0.2, 0) is 9.59 Å². The third kappa shape index (κ3) is 4.11. The number of piperazine rings is 1. The molecule has 2 aliphatic heterocycles. The van der Waals surface area contributed by atoms with Gasteiger partial charge in [0.05, 0.1) is 18.2 Å². The molecule has 2 saturated heterocycles. The van der Waals surface area contributed by atoms with Gasteiger partial charge in [-0.1, -0.05) is 0 Å². The molecule has 2 amide bonds. The molecule has 0 N–H and O–H groups in total. The smallest absolute Gasteiger partial charge is 0.387 e. The average molecular weight is 419 g/mol. The van der Waals surface area contributed by atoms with Gasteiger partial charge in [-0.3, -0.25) is 14.5 Å². The van der Waals surface area contributed by atoms with E-state index in [9.17, 15) is 22.8 Å². The molecule has 30 heavy (non-hydrogen) atoms. The molecule has 0 aliphatic carbocycles. The Kier molecular flexibility index (Phi) is 5.63. The number of hydrogen-bond acceptors (Lipinski definition) is 5. The number of ether oxygens (including phenoxy) is 1. The molecule has 0 bridgehead atoms. The number of imide groups is 1. The number of anilines is 2. The summed E-state index contributed by atoms with van der Waals surface area (Å²) in [7, 11) is 0. The Bertz CT molecular complexity index is 913. The summed E-state index contributed by atoms with van der Waals surface area (Å²) in [6, 6.07) is 11.2. The molecular weight excluding hydrogens is 399 g/mol. The van der Waals surface area contributed by atoms with Crippen molar-refractivity contribution in [3.8, 4) is 5.75 Å². The summed E-state index contributed by atoms with van der Waals surface area (Å²) in [5, 5.41) is 0. The Morgan fingerprint density at radius 1 is 0.867 bits per heavy atom. The second kappa shape index (κ2) is 8.35. The summed E-state index contributed by atoms with van der Waals surface area (Å²) >= 11 is 0. The van der Waals surface area contributed by atoms with Gasteiger partial charge < -0.3 is 9.64 Å². The van der Waals surface area contributed by atoms with Gasteiger partial charge in [0, 0.05) is 31.9 Å². The highest BCUT2D eigenvalue weighted by atomic mass is 19.3. The first-order valence-electron chi connectivity index (χ1n) is 9.58. The fourth-order valence-electron chi connectivity index (χ4n) is 3.89. The maximum atomic E-state index is 13.1. The second-order valence-corrected chi connectivity index (χ2v) is 7.16. The molecule has 0 spiro atoms. The number of carbonyl (C=O) groups excluding carboxylic acids is 2. The zero-order chi connectivity index (χ0) is 21.3. The van der Waals surface area contributed by atoms with Gasteiger partial charge in [-0.2, -0.15) is 8.78 Å². The van der Waals surface area contributed by atoms with E-state index in [1.54, 1.807) is 12.1 Å². The number of rotatable bonds is 5. The zero-order valence-electron chi connectivity index (χ0n) is 16.0. The molecule has 2 aliphatic rings. The molecule has 2 aromatic rings. The predicted octanol–water partition coefficient (Wildman–Crippen LogP) is 2.88. The largest absolute Gasteiger partial charge is 0.435 e. The van der Waals surface area contributed by atoms with Crippen molar-refractivity contribution in [3.63, 3.8) is 0 Å². The Morgan fingerprint density at radius 2 is 1.47 bits per heavy atom. The number of nitrogens with zero attached hydrogens (tertiary/aromatic N) is 3. The van der Waals surface area contributed by atoms with Gasteiger partial charge in [-0.25, -0.2) is 9.29 Å². The third-order valence-corrected chi connectivity index (χ3v) is 5.39. The van der Waals surface area contributed by atoms with Gasteiger partial charge in [0.25, 0.3) is 5.91 Å². The van der Waals surface area contributed by atoms with Crippen LogP contribution >= 0.6 is 0 Å². The summed E-state index contributed by atoms with van der Waals surface area (Å²) < 4.78 is 42.0. The highest BCUT2D eigenvalue weighted by Gasteiger charge is 2.43. The molecule has 0 aromatic heterocycles. The minimum absolute atomic E-state index is 0.0405. The topological polar surface area (TPSA) is 53.1 Å². The van der Waals surface area contributed by atoms with Gasteiger partial charge in [-0.15, -0.1) is 0 Å². The first kappa shape index (κ1) is 20.2. The van der Waals surface area contributed by atoms with Crippen molar-refractivity contribution in [2.45, 2.75) is 19.1 Å². The minimum atomic E-state index is -2.94. The van der Waals surface area contributed by atoms with Crippen molar-refractivity contribution >= 4 is 23.2 Å². The van der Waals surface area contributed by atoms with E-state index in [4.69, 9.17) is 0 Å². The summed E-state index contributed by atoms with van der Waals surface area (Å²) in [5.74, 6) is -0.978. The van der Waals surface area contributed by atoms with Gasteiger partial charge >= 0.3 is 6.61 Å². The quantitative estimate of drug-likeness (QED) is 0.698. The van der Waals surface area contributed by atoms with Crippen LogP contribution < -0.4 is 14.5 Å². The Hall–Kier alpha value is -3.07. The lowest BCUT2D eigenvalue weighted by atomic mass is 10.1. The molecule has 0 saturated carbocycles. The number of hydrogen-bond donors (Lipinski definition) is 0. The number of benzene rings is 2. The number of halogens is 3. The van der Waals surface area contributed by atoms with Crippen molar-refractivity contribution in [3.05, 3.63) is 54.3 Å². The zero-order valence-corrected chi connectivity index (χ0v) is 16.0. The van der Waals surface area contributed by atoms with Crippen molar-refractivity contribution in [1.29, 1.82) is 0 Å². The van der Waals surface area contributed by atoms with Gasteiger partial charge in [-0.05, 0) is 48.5 Å². The molecule has 0 unspecified atom stereocenters. The highest BCUT2D eigenvalue weighted by molar-refractivity contribution is 6.22. The Morgan fingerprint density at radius 3 is 2.07 bits per heavy atom. The second-order valence-electron chi connectivity index (χ2n) is 7.16. The number of alkyl halides is 2. The van der Waals surface area contributed by atoms with E-state index in [0.717, 1.165) is 10.6 Å². The van der Waals surface area contributed by atoms with Crippen LogP contribution in [0.2, 0.25) is 0 Å².